The molecule has 0 aliphatic carbocycles. The molecule has 1 unspecified atom stereocenters. The molecule has 192 valence electrons. The molecular formula is C26H25F3N6O2. The Hall–Kier alpha value is -3.73. The van der Waals surface area contributed by atoms with E-state index in [2.05, 4.69) is 10.1 Å². The predicted molar refractivity (Wildman–Crippen MR) is 130 cm³/mol. The lowest BCUT2D eigenvalue weighted by molar-refractivity contribution is -0.141. The summed E-state index contributed by atoms with van der Waals surface area (Å²) in [6.07, 6.45) is -0.196. The summed E-state index contributed by atoms with van der Waals surface area (Å²) in [5, 5.41) is 4.58. The zero-order chi connectivity index (χ0) is 25.8. The Bertz CT molecular complexity index is 1510. The number of likely N-dealkylation sites (N-methyl/N-ethyl adjacent to an activating group) is 1. The second kappa shape index (κ2) is 8.98. The van der Waals surface area contributed by atoms with Gasteiger partial charge in [-0.1, -0.05) is 12.1 Å². The van der Waals surface area contributed by atoms with Crippen molar-refractivity contribution in [3.63, 3.8) is 0 Å². The van der Waals surface area contributed by atoms with E-state index in [0.29, 0.717) is 65.3 Å². The van der Waals surface area contributed by atoms with Gasteiger partial charge >= 0.3 is 0 Å². The summed E-state index contributed by atoms with van der Waals surface area (Å²) in [7, 11) is 3.26. The lowest BCUT2D eigenvalue weighted by Crippen LogP contribution is -2.39. The van der Waals surface area contributed by atoms with Gasteiger partial charge < -0.3 is 9.64 Å². The van der Waals surface area contributed by atoms with Crippen molar-refractivity contribution in [3.8, 4) is 22.5 Å². The van der Waals surface area contributed by atoms with Crippen LogP contribution in [0.15, 0.2) is 36.7 Å². The maximum Gasteiger partial charge on any atom is 0.278 e. The number of ether oxygens (including phenoxy) is 1. The lowest BCUT2D eigenvalue weighted by Gasteiger charge is -2.30. The van der Waals surface area contributed by atoms with Gasteiger partial charge in [0.25, 0.3) is 18.6 Å². The molecule has 0 saturated carbocycles. The number of hydrogen-bond donors (Lipinski definition) is 0. The molecule has 8 nitrogen and oxygen atoms in total. The molecule has 37 heavy (non-hydrogen) atoms. The number of imidazole rings is 1. The third kappa shape index (κ3) is 3.88. The molecule has 0 spiro atoms. The molecule has 5 heterocycles. The minimum Gasteiger partial charge on any atom is -0.381 e. The van der Waals surface area contributed by atoms with Crippen molar-refractivity contribution in [1.29, 1.82) is 0 Å². The fraction of sp³-hybridized carbons (Fsp3) is 0.385. The molecule has 2 aliphatic heterocycles. The SMILES string of the molecule is CN1Cc2c(-c3cccc4nc(-c5cnn(C)c5)c(C(F)F)cc34)nc(C3CCOCC3)n2C(F)C1=O. The molecule has 2 aliphatic rings. The third-order valence-electron chi connectivity index (χ3n) is 7.17. The molecule has 1 atom stereocenters. The van der Waals surface area contributed by atoms with Crippen molar-refractivity contribution >= 4 is 16.8 Å². The highest BCUT2D eigenvalue weighted by Gasteiger charge is 2.38. The number of rotatable bonds is 4. The van der Waals surface area contributed by atoms with Crippen LogP contribution in [0.4, 0.5) is 13.2 Å². The Balaban J connectivity index is 1.58. The average Bonchev–Trinajstić information content (AvgIpc) is 3.50. The molecule has 1 amide bonds. The zero-order valence-corrected chi connectivity index (χ0v) is 20.4. The standard InChI is InChI=1S/C26H25F3N6O2/c1-33-13-20-22(32-25(14-6-8-37-9-7-14)35(20)24(29)26(33)36)16-4-3-5-19-17(16)10-18(23(27)28)21(31-19)15-11-30-34(2)12-15/h3-5,10-12,14,23-24H,6-9,13H2,1-2H3. The highest BCUT2D eigenvalue weighted by atomic mass is 19.3. The second-order valence-corrected chi connectivity index (χ2v) is 9.55. The van der Waals surface area contributed by atoms with Crippen LogP contribution in [-0.2, 0) is 23.1 Å². The Morgan fingerprint density at radius 1 is 1.11 bits per heavy atom. The van der Waals surface area contributed by atoms with E-state index in [0.717, 1.165) is 0 Å². The van der Waals surface area contributed by atoms with Crippen molar-refractivity contribution in [2.45, 2.75) is 38.0 Å². The highest BCUT2D eigenvalue weighted by molar-refractivity contribution is 5.96. The van der Waals surface area contributed by atoms with Crippen LogP contribution < -0.4 is 0 Å². The van der Waals surface area contributed by atoms with Gasteiger partial charge in [0, 0.05) is 61.5 Å². The number of carbonyl (C=O) groups excluding carboxylic acids is 1. The number of alkyl halides is 3. The number of fused-ring (bicyclic) bond motifs is 2. The number of amides is 1. The van der Waals surface area contributed by atoms with Crippen LogP contribution >= 0.6 is 0 Å². The number of aromatic nitrogens is 5. The van der Waals surface area contributed by atoms with Gasteiger partial charge in [-0.05, 0) is 25.0 Å². The molecule has 4 aromatic rings. The Morgan fingerprint density at radius 3 is 2.59 bits per heavy atom. The summed E-state index contributed by atoms with van der Waals surface area (Å²) in [4.78, 5) is 23.3. The normalized spacial score (nSPS) is 18.7. The minimum absolute atomic E-state index is 0.0717. The summed E-state index contributed by atoms with van der Waals surface area (Å²) in [6.45, 7) is 1.21. The number of benzene rings is 1. The van der Waals surface area contributed by atoms with Crippen LogP contribution in [0.2, 0.25) is 0 Å². The summed E-state index contributed by atoms with van der Waals surface area (Å²) < 4.78 is 52.4. The number of nitrogens with zero attached hydrogens (tertiary/aromatic N) is 6. The fourth-order valence-corrected chi connectivity index (χ4v) is 5.30. The smallest absolute Gasteiger partial charge is 0.278 e. The number of hydrogen-bond acceptors (Lipinski definition) is 5. The van der Waals surface area contributed by atoms with E-state index in [9.17, 15) is 13.6 Å². The van der Waals surface area contributed by atoms with Crippen molar-refractivity contribution in [2.75, 3.05) is 20.3 Å². The average molecular weight is 511 g/mol. The van der Waals surface area contributed by atoms with Crippen molar-refractivity contribution in [2.24, 2.45) is 7.05 Å². The Labute approximate surface area is 210 Å². The summed E-state index contributed by atoms with van der Waals surface area (Å²) in [5.41, 5.74) is 2.53. The molecule has 1 fully saturated rings. The van der Waals surface area contributed by atoms with E-state index in [1.807, 2.05) is 0 Å². The first kappa shape index (κ1) is 23.7. The molecule has 0 N–H and O–H groups in total. The quantitative estimate of drug-likeness (QED) is 0.395. The van der Waals surface area contributed by atoms with Crippen molar-refractivity contribution in [1.82, 2.24) is 29.2 Å². The molecule has 0 bridgehead atoms. The zero-order valence-electron chi connectivity index (χ0n) is 20.4. The molecule has 1 saturated heterocycles. The highest BCUT2D eigenvalue weighted by Crippen LogP contribution is 2.41. The molecule has 1 aromatic carbocycles. The molecule has 0 radical (unpaired) electrons. The molecule has 3 aromatic heterocycles. The van der Waals surface area contributed by atoms with Crippen molar-refractivity contribution < 1.29 is 22.7 Å². The largest absolute Gasteiger partial charge is 0.381 e. The molecular weight excluding hydrogens is 485 g/mol. The van der Waals surface area contributed by atoms with E-state index in [4.69, 9.17) is 9.72 Å². The number of carbonyl (C=O) groups is 1. The maximum absolute atomic E-state index is 15.5. The topological polar surface area (TPSA) is 78.1 Å². The van der Waals surface area contributed by atoms with Crippen LogP contribution in [0.25, 0.3) is 33.4 Å². The van der Waals surface area contributed by atoms with Gasteiger partial charge in [0.15, 0.2) is 0 Å². The van der Waals surface area contributed by atoms with Crippen molar-refractivity contribution in [3.05, 3.63) is 53.7 Å². The monoisotopic (exact) mass is 510 g/mol. The van der Waals surface area contributed by atoms with E-state index < -0.39 is 18.6 Å². The van der Waals surface area contributed by atoms with Gasteiger partial charge in [0.2, 0.25) is 0 Å². The summed E-state index contributed by atoms with van der Waals surface area (Å²) >= 11 is 0. The van der Waals surface area contributed by atoms with Crippen LogP contribution in [0.1, 0.15) is 48.6 Å². The van der Waals surface area contributed by atoms with Crippen LogP contribution in [0, 0.1) is 0 Å². The maximum atomic E-state index is 15.5. The molecule has 11 heteroatoms. The summed E-state index contributed by atoms with van der Waals surface area (Å²) in [6, 6.07) is 6.76. The van der Waals surface area contributed by atoms with E-state index in [1.54, 1.807) is 38.5 Å². The van der Waals surface area contributed by atoms with Gasteiger partial charge in [-0.25, -0.2) is 23.1 Å². The number of aryl methyl sites for hydroxylation is 1. The third-order valence-corrected chi connectivity index (χ3v) is 7.17. The van der Waals surface area contributed by atoms with Gasteiger partial charge in [-0.15, -0.1) is 0 Å². The fourth-order valence-electron chi connectivity index (χ4n) is 5.30. The van der Waals surface area contributed by atoms with E-state index in [1.165, 1.54) is 26.4 Å². The van der Waals surface area contributed by atoms with Crippen LogP contribution in [0.3, 0.4) is 0 Å². The number of pyridine rings is 1. The van der Waals surface area contributed by atoms with Gasteiger partial charge in [-0.3, -0.25) is 14.0 Å². The van der Waals surface area contributed by atoms with Crippen LogP contribution in [0.5, 0.6) is 0 Å². The number of halogens is 3. The van der Waals surface area contributed by atoms with E-state index in [-0.39, 0.29) is 23.7 Å². The van der Waals surface area contributed by atoms with Gasteiger partial charge in [0.05, 0.1) is 35.3 Å². The van der Waals surface area contributed by atoms with Gasteiger partial charge in [-0.2, -0.15) is 5.10 Å². The first-order chi connectivity index (χ1) is 17.8. The van der Waals surface area contributed by atoms with Gasteiger partial charge in [0.1, 0.15) is 5.82 Å². The summed E-state index contributed by atoms with van der Waals surface area (Å²) in [5.74, 6) is -0.212. The molecule has 6 rings (SSSR count). The second-order valence-electron chi connectivity index (χ2n) is 9.55. The lowest BCUT2D eigenvalue weighted by atomic mass is 9.99. The Kier molecular flexibility index (Phi) is 5.74. The predicted octanol–water partition coefficient (Wildman–Crippen LogP) is 4.77. The Morgan fingerprint density at radius 2 is 1.89 bits per heavy atom. The van der Waals surface area contributed by atoms with Crippen LogP contribution in [-0.4, -0.2) is 55.4 Å². The minimum atomic E-state index is -2.77. The van der Waals surface area contributed by atoms with E-state index >= 15 is 4.39 Å². The first-order valence-electron chi connectivity index (χ1n) is 12.1. The first-order valence-corrected chi connectivity index (χ1v) is 12.1.